The Morgan fingerprint density at radius 1 is 1.40 bits per heavy atom. The average molecular weight is 278 g/mol. The van der Waals surface area contributed by atoms with Crippen LogP contribution in [0.15, 0.2) is 18.2 Å². The van der Waals surface area contributed by atoms with Crippen molar-refractivity contribution in [2.45, 2.75) is 39.8 Å². The summed E-state index contributed by atoms with van der Waals surface area (Å²) in [4.78, 5) is 13.8. The average Bonchev–Trinajstić information content (AvgIpc) is 2.44. The van der Waals surface area contributed by atoms with Gasteiger partial charge in [0.05, 0.1) is 13.2 Å². The van der Waals surface area contributed by atoms with E-state index < -0.39 is 0 Å². The van der Waals surface area contributed by atoms with Gasteiger partial charge in [-0.05, 0) is 39.3 Å². The van der Waals surface area contributed by atoms with Gasteiger partial charge in [-0.25, -0.2) is 0 Å². The number of carbonyl (C=O) groups is 1. The fourth-order valence-corrected chi connectivity index (χ4v) is 2.20. The number of nitrogens with zero attached hydrogens (tertiary/aromatic N) is 1. The zero-order valence-electron chi connectivity index (χ0n) is 13.4. The highest BCUT2D eigenvalue weighted by Crippen LogP contribution is 2.26. The van der Waals surface area contributed by atoms with Crippen molar-refractivity contribution >= 4 is 5.91 Å². The lowest BCUT2D eigenvalue weighted by atomic mass is 10.0. The molecule has 1 rings (SSSR count). The molecule has 1 N–H and O–H groups in total. The summed E-state index contributed by atoms with van der Waals surface area (Å²) in [5.74, 6) is 0.957. The first-order valence-electron chi connectivity index (χ1n) is 7.06. The number of nitrogens with one attached hydrogen (secondary N) is 1. The van der Waals surface area contributed by atoms with Crippen LogP contribution < -0.4 is 10.1 Å². The van der Waals surface area contributed by atoms with E-state index >= 15 is 0 Å². The molecule has 0 aliphatic heterocycles. The van der Waals surface area contributed by atoms with E-state index in [1.807, 2.05) is 46.9 Å². The number of methoxy groups -OCH3 is 1. The normalized spacial score (nSPS) is 13.7. The molecule has 0 aliphatic rings. The molecule has 4 heteroatoms. The number of hydrogen-bond acceptors (Lipinski definition) is 3. The van der Waals surface area contributed by atoms with Crippen molar-refractivity contribution < 1.29 is 9.53 Å². The summed E-state index contributed by atoms with van der Waals surface area (Å²) in [6, 6.07) is 5.95. The lowest BCUT2D eigenvalue weighted by molar-refractivity contribution is -0.131. The highest BCUT2D eigenvalue weighted by molar-refractivity contribution is 5.81. The SMILES string of the molecule is CCN(C)C(=O)C(C)NC(C)c1ccc(C)cc1OC. The van der Waals surface area contributed by atoms with E-state index in [9.17, 15) is 4.79 Å². The van der Waals surface area contributed by atoms with Crippen molar-refractivity contribution in [2.24, 2.45) is 0 Å². The monoisotopic (exact) mass is 278 g/mol. The van der Waals surface area contributed by atoms with Gasteiger partial charge in [0.1, 0.15) is 5.75 Å². The topological polar surface area (TPSA) is 41.6 Å². The third kappa shape index (κ3) is 3.97. The van der Waals surface area contributed by atoms with Crippen LogP contribution in [0.2, 0.25) is 0 Å². The van der Waals surface area contributed by atoms with E-state index in [0.29, 0.717) is 6.54 Å². The second-order valence-corrected chi connectivity index (χ2v) is 5.21. The molecule has 0 fully saturated rings. The Labute approximate surface area is 122 Å². The van der Waals surface area contributed by atoms with Crippen molar-refractivity contribution in [3.63, 3.8) is 0 Å². The molecule has 2 unspecified atom stereocenters. The molecule has 0 saturated heterocycles. The number of carbonyl (C=O) groups excluding carboxylic acids is 1. The molecule has 112 valence electrons. The first kappa shape index (κ1) is 16.5. The van der Waals surface area contributed by atoms with Crippen molar-refractivity contribution in [2.75, 3.05) is 20.7 Å². The summed E-state index contributed by atoms with van der Waals surface area (Å²) in [5, 5.41) is 3.33. The molecular weight excluding hydrogens is 252 g/mol. The van der Waals surface area contributed by atoms with E-state index in [1.165, 1.54) is 0 Å². The lowest BCUT2D eigenvalue weighted by Gasteiger charge is -2.25. The van der Waals surface area contributed by atoms with Crippen LogP contribution in [0.3, 0.4) is 0 Å². The molecule has 4 nitrogen and oxygen atoms in total. The van der Waals surface area contributed by atoms with E-state index in [1.54, 1.807) is 12.0 Å². The molecule has 0 heterocycles. The van der Waals surface area contributed by atoms with Crippen LogP contribution in [0, 0.1) is 6.92 Å². The molecular formula is C16H26N2O2. The second-order valence-electron chi connectivity index (χ2n) is 5.21. The van der Waals surface area contributed by atoms with Crippen molar-refractivity contribution in [1.82, 2.24) is 10.2 Å². The van der Waals surface area contributed by atoms with Gasteiger partial charge in [0, 0.05) is 25.2 Å². The molecule has 2 atom stereocenters. The smallest absolute Gasteiger partial charge is 0.239 e. The third-order valence-corrected chi connectivity index (χ3v) is 3.58. The Kier molecular flexibility index (Phi) is 6.02. The molecule has 0 aromatic heterocycles. The minimum absolute atomic E-state index is 0.0507. The number of benzene rings is 1. The fourth-order valence-electron chi connectivity index (χ4n) is 2.20. The van der Waals surface area contributed by atoms with Crippen molar-refractivity contribution in [3.05, 3.63) is 29.3 Å². The Hall–Kier alpha value is -1.55. The molecule has 1 aromatic carbocycles. The van der Waals surface area contributed by atoms with Gasteiger partial charge in [0.2, 0.25) is 5.91 Å². The summed E-state index contributed by atoms with van der Waals surface area (Å²) >= 11 is 0. The van der Waals surface area contributed by atoms with Gasteiger partial charge in [-0.2, -0.15) is 0 Å². The molecule has 1 aromatic rings. The summed E-state index contributed by atoms with van der Waals surface area (Å²) in [6.45, 7) is 8.66. The molecule has 0 spiro atoms. The minimum atomic E-state index is -0.221. The lowest BCUT2D eigenvalue weighted by Crippen LogP contribution is -2.43. The highest BCUT2D eigenvalue weighted by atomic mass is 16.5. The Bertz CT molecular complexity index is 460. The van der Waals surface area contributed by atoms with Gasteiger partial charge in [-0.3, -0.25) is 10.1 Å². The van der Waals surface area contributed by atoms with E-state index in [4.69, 9.17) is 4.74 Å². The summed E-state index contributed by atoms with van der Waals surface area (Å²) in [7, 11) is 3.49. The maximum absolute atomic E-state index is 12.1. The van der Waals surface area contributed by atoms with Gasteiger partial charge in [0.15, 0.2) is 0 Å². The maximum Gasteiger partial charge on any atom is 0.239 e. The number of rotatable bonds is 6. The number of aryl methyl sites for hydroxylation is 1. The van der Waals surface area contributed by atoms with Crippen LogP contribution in [-0.4, -0.2) is 37.6 Å². The largest absolute Gasteiger partial charge is 0.496 e. The van der Waals surface area contributed by atoms with E-state index in [-0.39, 0.29) is 18.0 Å². The van der Waals surface area contributed by atoms with Crippen LogP contribution >= 0.6 is 0 Å². The van der Waals surface area contributed by atoms with Gasteiger partial charge in [0.25, 0.3) is 0 Å². The first-order valence-corrected chi connectivity index (χ1v) is 7.06. The molecule has 20 heavy (non-hydrogen) atoms. The molecule has 0 aliphatic carbocycles. The summed E-state index contributed by atoms with van der Waals surface area (Å²) < 4.78 is 5.42. The van der Waals surface area contributed by atoms with Crippen LogP contribution in [0.5, 0.6) is 5.75 Å². The number of amides is 1. The summed E-state index contributed by atoms with van der Waals surface area (Å²) in [6.07, 6.45) is 0. The second kappa shape index (κ2) is 7.29. The van der Waals surface area contributed by atoms with Gasteiger partial charge in [-0.1, -0.05) is 12.1 Å². The summed E-state index contributed by atoms with van der Waals surface area (Å²) in [5.41, 5.74) is 2.23. The Balaban J connectivity index is 2.81. The zero-order valence-corrected chi connectivity index (χ0v) is 13.4. The predicted molar refractivity (Wildman–Crippen MR) is 82.1 cm³/mol. The van der Waals surface area contributed by atoms with Gasteiger partial charge < -0.3 is 9.64 Å². The van der Waals surface area contributed by atoms with Gasteiger partial charge >= 0.3 is 0 Å². The van der Waals surface area contributed by atoms with Crippen LogP contribution in [0.1, 0.15) is 37.9 Å². The van der Waals surface area contributed by atoms with Crippen molar-refractivity contribution in [1.29, 1.82) is 0 Å². The maximum atomic E-state index is 12.1. The Morgan fingerprint density at radius 3 is 2.60 bits per heavy atom. The predicted octanol–water partition coefficient (Wildman–Crippen LogP) is 2.52. The number of ether oxygens (including phenoxy) is 1. The first-order chi connectivity index (χ1) is 9.40. The highest BCUT2D eigenvalue weighted by Gasteiger charge is 2.20. The quantitative estimate of drug-likeness (QED) is 0.869. The fraction of sp³-hybridized carbons (Fsp3) is 0.562. The van der Waals surface area contributed by atoms with Crippen LogP contribution in [0.4, 0.5) is 0 Å². The zero-order chi connectivity index (χ0) is 15.3. The number of hydrogen-bond donors (Lipinski definition) is 1. The molecule has 0 saturated carbocycles. The van der Waals surface area contributed by atoms with E-state index in [2.05, 4.69) is 11.4 Å². The minimum Gasteiger partial charge on any atom is -0.496 e. The van der Waals surface area contributed by atoms with Gasteiger partial charge in [-0.15, -0.1) is 0 Å². The number of likely N-dealkylation sites (N-methyl/N-ethyl adjacent to an activating group) is 1. The Morgan fingerprint density at radius 2 is 2.05 bits per heavy atom. The molecule has 0 radical (unpaired) electrons. The van der Waals surface area contributed by atoms with Crippen molar-refractivity contribution in [3.8, 4) is 5.75 Å². The van der Waals surface area contributed by atoms with E-state index in [0.717, 1.165) is 16.9 Å². The third-order valence-electron chi connectivity index (χ3n) is 3.58. The molecule has 0 bridgehead atoms. The van der Waals surface area contributed by atoms with Crippen LogP contribution in [-0.2, 0) is 4.79 Å². The van der Waals surface area contributed by atoms with Crippen LogP contribution in [0.25, 0.3) is 0 Å². The molecule has 1 amide bonds. The standard InChI is InChI=1S/C16H26N2O2/c1-7-18(5)16(19)13(4)17-12(3)14-9-8-11(2)10-15(14)20-6/h8-10,12-13,17H,7H2,1-6H3.